The number of phosphoric acid groups is 1. The summed E-state index contributed by atoms with van der Waals surface area (Å²) in [6.07, 6.45) is 36.2. The summed E-state index contributed by atoms with van der Waals surface area (Å²) in [6.45, 7) is 2.56. The smallest absolute Gasteiger partial charge is 0.306 e. The fourth-order valence-electron chi connectivity index (χ4n) is 5.26. The topological polar surface area (TPSA) is 179 Å². The molecule has 3 N–H and O–H groups in total. The van der Waals surface area contributed by atoms with Gasteiger partial charge in [-0.3, -0.25) is 14.2 Å². The van der Waals surface area contributed by atoms with Crippen molar-refractivity contribution in [3.63, 3.8) is 0 Å². The van der Waals surface area contributed by atoms with E-state index in [1.165, 1.54) is 57.8 Å². The van der Waals surface area contributed by atoms with Gasteiger partial charge in [0.1, 0.15) is 25.2 Å². The summed E-state index contributed by atoms with van der Waals surface area (Å²) in [5.41, 5.74) is 3.23. The standard InChI is InChI=1S/C40H72NO10P/c1-3-5-7-9-11-13-15-17-18-20-22-24-26-28-30-32-39(43)51-36(34-49-52(46,47)50-35-37(41)40(44)45)33-48-38(42)31-29-27-25-23-21-19-16-14-12-10-8-6-4-2/h5,7,11,13,17-18,36-37H,3-4,6,8-10,12,14-16,19-35,41H2,1-2H3,(H,44,45)(H,46,47)/p-1/b7-5-,13-11-,18-17-/t36-,37+/m1/s1. The predicted octanol–water partition coefficient (Wildman–Crippen LogP) is 7.37. The van der Waals surface area contributed by atoms with Crippen LogP contribution in [-0.4, -0.2) is 49.9 Å². The number of unbranched alkanes of at least 4 members (excludes halogenated alkanes) is 17. The molecule has 0 amide bonds. The van der Waals surface area contributed by atoms with Crippen LogP contribution in [-0.2, 0) is 37.5 Å². The summed E-state index contributed by atoms with van der Waals surface area (Å²) in [5, 5.41) is 10.8. The molecule has 3 atom stereocenters. The maximum absolute atomic E-state index is 12.6. The summed E-state index contributed by atoms with van der Waals surface area (Å²) in [5.74, 6) is -2.60. The van der Waals surface area contributed by atoms with Gasteiger partial charge in [-0.15, -0.1) is 0 Å². The number of phosphoric ester groups is 1. The van der Waals surface area contributed by atoms with Gasteiger partial charge in [-0.1, -0.05) is 147 Å². The number of carbonyl (C=O) groups excluding carboxylic acids is 3. The second-order valence-electron chi connectivity index (χ2n) is 13.4. The summed E-state index contributed by atoms with van der Waals surface area (Å²) >= 11 is 0. The quantitative estimate of drug-likeness (QED) is 0.0291. The molecule has 11 nitrogen and oxygen atoms in total. The number of carbonyl (C=O) groups is 3. The highest BCUT2D eigenvalue weighted by Crippen LogP contribution is 2.38. The van der Waals surface area contributed by atoms with E-state index in [1.807, 2.05) is 0 Å². The highest BCUT2D eigenvalue weighted by Gasteiger charge is 2.22. The van der Waals surface area contributed by atoms with Crippen molar-refractivity contribution in [3.8, 4) is 0 Å². The number of esters is 2. The third-order valence-electron chi connectivity index (χ3n) is 8.43. The first kappa shape index (κ1) is 49.7. The lowest BCUT2D eigenvalue weighted by atomic mass is 10.0. The average Bonchev–Trinajstić information content (AvgIpc) is 3.12. The number of allylic oxidation sites excluding steroid dienone is 6. The van der Waals surface area contributed by atoms with Gasteiger partial charge in [0.25, 0.3) is 7.82 Å². The summed E-state index contributed by atoms with van der Waals surface area (Å²) in [4.78, 5) is 47.9. The van der Waals surface area contributed by atoms with Crippen LogP contribution < -0.4 is 15.7 Å². The molecule has 0 saturated heterocycles. The van der Waals surface area contributed by atoms with Crippen LogP contribution >= 0.6 is 7.82 Å². The molecule has 0 bridgehead atoms. The number of carboxylic acids is 1. The summed E-state index contributed by atoms with van der Waals surface area (Å²) < 4.78 is 32.2. The number of carboxylic acid groups (broad SMARTS) is 1. The van der Waals surface area contributed by atoms with Gasteiger partial charge in [-0.2, -0.15) is 0 Å². The number of rotatable bonds is 37. The van der Waals surface area contributed by atoms with Crippen LogP contribution in [0.1, 0.15) is 168 Å². The molecule has 0 fully saturated rings. The molecule has 0 aromatic carbocycles. The second-order valence-corrected chi connectivity index (χ2v) is 14.9. The minimum Gasteiger partial charge on any atom is -0.756 e. The molecular weight excluding hydrogens is 685 g/mol. The molecule has 302 valence electrons. The first-order valence-electron chi connectivity index (χ1n) is 20.0. The van der Waals surface area contributed by atoms with Gasteiger partial charge >= 0.3 is 11.9 Å². The van der Waals surface area contributed by atoms with Crippen molar-refractivity contribution < 1.29 is 53.2 Å². The van der Waals surface area contributed by atoms with Crippen LogP contribution in [0.2, 0.25) is 0 Å². The molecule has 0 spiro atoms. The Balaban J connectivity index is 4.44. The molecule has 0 aromatic heterocycles. The van der Waals surface area contributed by atoms with Crippen LogP contribution in [0, 0.1) is 0 Å². The van der Waals surface area contributed by atoms with E-state index in [9.17, 15) is 28.9 Å². The normalized spacial score (nSPS) is 14.2. The van der Waals surface area contributed by atoms with Crippen LogP contribution in [0.15, 0.2) is 36.5 Å². The van der Waals surface area contributed by atoms with E-state index in [0.29, 0.717) is 12.8 Å². The Bertz CT molecular complexity index is 1030. The third-order valence-corrected chi connectivity index (χ3v) is 9.36. The second kappa shape index (κ2) is 35.7. The van der Waals surface area contributed by atoms with Gasteiger partial charge in [-0.05, 0) is 44.9 Å². The first-order valence-corrected chi connectivity index (χ1v) is 21.5. The minimum atomic E-state index is -4.95. The van der Waals surface area contributed by atoms with Crippen molar-refractivity contribution in [1.29, 1.82) is 0 Å². The van der Waals surface area contributed by atoms with E-state index in [2.05, 4.69) is 60.6 Å². The lowest BCUT2D eigenvalue weighted by molar-refractivity contribution is -0.441. The van der Waals surface area contributed by atoms with Gasteiger partial charge in [0.2, 0.25) is 0 Å². The Morgan fingerprint density at radius 1 is 0.615 bits per heavy atom. The molecule has 0 aliphatic heterocycles. The lowest BCUT2D eigenvalue weighted by Gasteiger charge is -2.26. The SMILES string of the molecule is CC/C=C\C/C=C\C/C=C\CCCCCCCC(=O)O[C@H](COC(=O)CCCCCCCCCCCCCCC)COP(=O)([O-])OC[C@H]([NH3+])C(=O)[O-]. The molecular formula is C40H71NO10P-. The lowest BCUT2D eigenvalue weighted by Crippen LogP contribution is -2.70. The Morgan fingerprint density at radius 2 is 1.08 bits per heavy atom. The molecule has 0 aromatic rings. The van der Waals surface area contributed by atoms with Gasteiger partial charge in [0, 0.05) is 12.8 Å². The highest BCUT2D eigenvalue weighted by atomic mass is 31.2. The Labute approximate surface area is 314 Å². The van der Waals surface area contributed by atoms with E-state index in [-0.39, 0.29) is 19.4 Å². The number of aliphatic carboxylic acids is 1. The fraction of sp³-hybridized carbons (Fsp3) is 0.775. The molecule has 0 aliphatic rings. The van der Waals surface area contributed by atoms with Crippen LogP contribution in [0.3, 0.4) is 0 Å². The van der Waals surface area contributed by atoms with E-state index >= 15 is 0 Å². The average molecular weight is 757 g/mol. The maximum Gasteiger partial charge on any atom is 0.306 e. The molecule has 0 saturated carbocycles. The number of quaternary nitrogens is 1. The third kappa shape index (κ3) is 34.8. The van der Waals surface area contributed by atoms with Crippen molar-refractivity contribution in [3.05, 3.63) is 36.5 Å². The Morgan fingerprint density at radius 3 is 1.62 bits per heavy atom. The van der Waals surface area contributed by atoms with Crippen molar-refractivity contribution in [1.82, 2.24) is 0 Å². The van der Waals surface area contributed by atoms with Gasteiger partial charge in [0.15, 0.2) is 6.10 Å². The molecule has 0 radical (unpaired) electrons. The van der Waals surface area contributed by atoms with Gasteiger partial charge in [-0.25, -0.2) is 0 Å². The van der Waals surface area contributed by atoms with Crippen LogP contribution in [0.4, 0.5) is 0 Å². The molecule has 1 unspecified atom stereocenters. The van der Waals surface area contributed by atoms with Gasteiger partial charge < -0.3 is 39.0 Å². The van der Waals surface area contributed by atoms with Crippen LogP contribution in [0.25, 0.3) is 0 Å². The van der Waals surface area contributed by atoms with Crippen molar-refractivity contribution in [2.75, 3.05) is 19.8 Å². The highest BCUT2D eigenvalue weighted by molar-refractivity contribution is 7.45. The zero-order valence-electron chi connectivity index (χ0n) is 32.4. The summed E-state index contributed by atoms with van der Waals surface area (Å²) in [6, 6.07) is -1.42. The molecule has 0 aliphatic carbocycles. The number of hydrogen-bond donors (Lipinski definition) is 1. The summed E-state index contributed by atoms with van der Waals surface area (Å²) in [7, 11) is -4.95. The van der Waals surface area contributed by atoms with Crippen LogP contribution in [0.5, 0.6) is 0 Å². The van der Waals surface area contributed by atoms with E-state index in [0.717, 1.165) is 70.6 Å². The Kier molecular flexibility index (Phi) is 34.1. The molecule has 12 heteroatoms. The maximum atomic E-state index is 12.6. The first-order chi connectivity index (χ1) is 25.1. The molecule has 52 heavy (non-hydrogen) atoms. The van der Waals surface area contributed by atoms with E-state index in [4.69, 9.17) is 14.0 Å². The van der Waals surface area contributed by atoms with E-state index in [1.54, 1.807) is 0 Å². The predicted molar refractivity (Wildman–Crippen MR) is 202 cm³/mol. The minimum absolute atomic E-state index is 0.128. The zero-order chi connectivity index (χ0) is 38.5. The fourth-order valence-corrected chi connectivity index (χ4v) is 6.04. The van der Waals surface area contributed by atoms with Crippen molar-refractivity contribution in [2.24, 2.45) is 0 Å². The van der Waals surface area contributed by atoms with Crippen molar-refractivity contribution >= 4 is 25.7 Å². The van der Waals surface area contributed by atoms with Gasteiger partial charge in [0.05, 0.1) is 6.61 Å². The van der Waals surface area contributed by atoms with E-state index < -0.39 is 51.1 Å². The monoisotopic (exact) mass is 756 g/mol. The number of hydrogen-bond acceptors (Lipinski definition) is 10. The number of ether oxygens (including phenoxy) is 2. The Hall–Kier alpha value is -2.30. The molecule has 0 heterocycles. The zero-order valence-corrected chi connectivity index (χ0v) is 33.3. The van der Waals surface area contributed by atoms with Crippen molar-refractivity contribution in [2.45, 2.75) is 180 Å². The largest absolute Gasteiger partial charge is 0.756 e. The molecule has 0 rings (SSSR count).